The average Bonchev–Trinajstić information content (AvgIpc) is 3.19. The van der Waals surface area contributed by atoms with Crippen molar-refractivity contribution in [3.8, 4) is 5.75 Å². The first-order chi connectivity index (χ1) is 16.5. The Hall–Kier alpha value is -4.13. The van der Waals surface area contributed by atoms with Crippen LogP contribution in [0.15, 0.2) is 72.8 Å². The number of anilines is 1. The first-order valence-corrected chi connectivity index (χ1v) is 11.1. The molecule has 7 nitrogen and oxygen atoms in total. The van der Waals surface area contributed by atoms with E-state index < -0.39 is 12.0 Å². The zero-order valence-corrected chi connectivity index (χ0v) is 19.1. The van der Waals surface area contributed by atoms with Crippen LogP contribution >= 0.6 is 0 Å². The molecule has 3 aromatic carbocycles. The Morgan fingerprint density at radius 2 is 1.71 bits per heavy atom. The third-order valence-corrected chi connectivity index (χ3v) is 5.78. The topological polar surface area (TPSA) is 84.9 Å². The Kier molecular flexibility index (Phi) is 6.92. The molecule has 1 N–H and O–H groups in total. The Labute approximate surface area is 198 Å². The van der Waals surface area contributed by atoms with Gasteiger partial charge in [-0.15, -0.1) is 0 Å². The number of carbonyl (C=O) groups excluding carboxylic acids is 3. The van der Waals surface area contributed by atoms with Crippen LogP contribution in [0.25, 0.3) is 0 Å². The number of methoxy groups -OCH3 is 1. The lowest BCUT2D eigenvalue weighted by atomic mass is 10.0. The summed E-state index contributed by atoms with van der Waals surface area (Å²) >= 11 is 0. The van der Waals surface area contributed by atoms with Gasteiger partial charge < -0.3 is 19.7 Å². The summed E-state index contributed by atoms with van der Waals surface area (Å²) in [6.07, 6.45) is 0.0751. The van der Waals surface area contributed by atoms with E-state index in [1.165, 1.54) is 0 Å². The standard InChI is InChI=1S/C27H26N2O5/c1-3-34-27(32)19-8-12-21(13-9-19)28-25(30)16-24(18-10-14-22(33-2)15-11-18)29-17-20-6-4-5-7-23(20)26(29)31/h4-15,24H,3,16-17H2,1-2H3,(H,28,30). The number of hydrogen-bond donors (Lipinski definition) is 1. The van der Waals surface area contributed by atoms with E-state index in [1.807, 2.05) is 48.5 Å². The highest BCUT2D eigenvalue weighted by atomic mass is 16.5. The molecule has 174 valence electrons. The summed E-state index contributed by atoms with van der Waals surface area (Å²) in [4.78, 5) is 39.7. The van der Waals surface area contributed by atoms with Crippen LogP contribution in [0.5, 0.6) is 5.75 Å². The van der Waals surface area contributed by atoms with Gasteiger partial charge in [0.15, 0.2) is 0 Å². The fourth-order valence-corrected chi connectivity index (χ4v) is 4.05. The van der Waals surface area contributed by atoms with E-state index in [9.17, 15) is 14.4 Å². The Morgan fingerprint density at radius 3 is 2.35 bits per heavy atom. The minimum absolute atomic E-state index is 0.0751. The predicted octanol–water partition coefficient (Wildman–Crippen LogP) is 4.60. The van der Waals surface area contributed by atoms with Gasteiger partial charge in [-0.05, 0) is 60.5 Å². The molecule has 4 rings (SSSR count). The molecule has 3 aromatic rings. The Balaban J connectivity index is 1.53. The molecule has 1 heterocycles. The fourth-order valence-electron chi connectivity index (χ4n) is 4.05. The van der Waals surface area contributed by atoms with E-state index in [4.69, 9.17) is 9.47 Å². The number of hydrogen-bond acceptors (Lipinski definition) is 5. The van der Waals surface area contributed by atoms with E-state index in [0.717, 1.165) is 11.1 Å². The lowest BCUT2D eigenvalue weighted by Gasteiger charge is -2.28. The van der Waals surface area contributed by atoms with Crippen LogP contribution in [0, 0.1) is 0 Å². The highest BCUT2D eigenvalue weighted by Gasteiger charge is 2.34. The van der Waals surface area contributed by atoms with E-state index in [-0.39, 0.29) is 18.2 Å². The summed E-state index contributed by atoms with van der Waals surface area (Å²) in [6, 6.07) is 21.0. The third-order valence-electron chi connectivity index (χ3n) is 5.78. The summed E-state index contributed by atoms with van der Waals surface area (Å²) in [5.74, 6) is -0.0480. The molecule has 7 heteroatoms. The van der Waals surface area contributed by atoms with Crippen molar-refractivity contribution in [2.45, 2.75) is 25.9 Å². The molecule has 0 saturated carbocycles. The molecule has 0 radical (unpaired) electrons. The molecule has 1 atom stereocenters. The zero-order valence-electron chi connectivity index (χ0n) is 19.1. The van der Waals surface area contributed by atoms with Gasteiger partial charge in [-0.3, -0.25) is 9.59 Å². The molecule has 0 fully saturated rings. The maximum atomic E-state index is 13.2. The van der Waals surface area contributed by atoms with Crippen LogP contribution in [-0.4, -0.2) is 36.4 Å². The van der Waals surface area contributed by atoms with Gasteiger partial charge in [-0.2, -0.15) is 0 Å². The van der Waals surface area contributed by atoms with Crippen LogP contribution in [0.4, 0.5) is 5.69 Å². The van der Waals surface area contributed by atoms with Crippen LogP contribution in [0.3, 0.4) is 0 Å². The van der Waals surface area contributed by atoms with Crippen molar-refractivity contribution in [2.75, 3.05) is 19.0 Å². The molecule has 0 bridgehead atoms. The van der Waals surface area contributed by atoms with Crippen LogP contribution in [0.1, 0.15) is 51.2 Å². The summed E-state index contributed by atoms with van der Waals surface area (Å²) < 4.78 is 10.2. The first kappa shape index (κ1) is 23.0. The molecule has 1 aliphatic heterocycles. The van der Waals surface area contributed by atoms with Gasteiger partial charge in [0, 0.05) is 17.8 Å². The number of amides is 2. The van der Waals surface area contributed by atoms with Gasteiger partial charge in [-0.1, -0.05) is 30.3 Å². The Morgan fingerprint density at radius 1 is 1.00 bits per heavy atom. The van der Waals surface area contributed by atoms with Gasteiger partial charge in [0.1, 0.15) is 5.75 Å². The lowest BCUT2D eigenvalue weighted by Crippen LogP contribution is -2.32. The monoisotopic (exact) mass is 458 g/mol. The van der Waals surface area contributed by atoms with E-state index >= 15 is 0 Å². The molecular weight excluding hydrogens is 432 g/mol. The molecule has 1 aliphatic rings. The highest BCUT2D eigenvalue weighted by molar-refractivity contribution is 5.99. The quantitative estimate of drug-likeness (QED) is 0.499. The molecule has 0 spiro atoms. The number of benzene rings is 3. The molecule has 1 unspecified atom stereocenters. The molecule has 0 saturated heterocycles. The SMILES string of the molecule is CCOC(=O)c1ccc(NC(=O)CC(c2ccc(OC)cc2)N2Cc3ccccc3C2=O)cc1. The van der Waals surface area contributed by atoms with Crippen molar-refractivity contribution >= 4 is 23.5 Å². The van der Waals surface area contributed by atoms with Gasteiger partial charge in [-0.25, -0.2) is 4.79 Å². The lowest BCUT2D eigenvalue weighted by molar-refractivity contribution is -0.117. The van der Waals surface area contributed by atoms with E-state index in [0.29, 0.717) is 35.7 Å². The molecule has 34 heavy (non-hydrogen) atoms. The van der Waals surface area contributed by atoms with Gasteiger partial charge >= 0.3 is 5.97 Å². The summed E-state index contributed by atoms with van der Waals surface area (Å²) in [5.41, 5.74) is 3.42. The predicted molar refractivity (Wildman–Crippen MR) is 128 cm³/mol. The minimum Gasteiger partial charge on any atom is -0.497 e. The van der Waals surface area contributed by atoms with Crippen LogP contribution < -0.4 is 10.1 Å². The molecule has 2 amide bonds. The number of nitrogens with one attached hydrogen (secondary N) is 1. The van der Waals surface area contributed by atoms with E-state index in [2.05, 4.69) is 5.32 Å². The summed E-state index contributed by atoms with van der Waals surface area (Å²) in [6.45, 7) is 2.48. The molecular formula is C27H26N2O5. The van der Waals surface area contributed by atoms with Crippen molar-refractivity contribution in [3.63, 3.8) is 0 Å². The minimum atomic E-state index is -0.454. The number of carbonyl (C=O) groups is 3. The smallest absolute Gasteiger partial charge is 0.338 e. The summed E-state index contributed by atoms with van der Waals surface area (Å²) in [5, 5.41) is 2.87. The van der Waals surface area contributed by atoms with Crippen molar-refractivity contribution < 1.29 is 23.9 Å². The first-order valence-electron chi connectivity index (χ1n) is 11.1. The van der Waals surface area contributed by atoms with Gasteiger partial charge in [0.25, 0.3) is 5.91 Å². The van der Waals surface area contributed by atoms with Crippen molar-refractivity contribution in [1.29, 1.82) is 0 Å². The number of rotatable bonds is 8. The van der Waals surface area contributed by atoms with Crippen LogP contribution in [-0.2, 0) is 16.1 Å². The second-order valence-corrected chi connectivity index (χ2v) is 7.93. The van der Waals surface area contributed by atoms with Gasteiger partial charge in [0.05, 0.1) is 31.7 Å². The number of nitrogens with zero attached hydrogens (tertiary/aromatic N) is 1. The maximum Gasteiger partial charge on any atom is 0.338 e. The average molecular weight is 459 g/mol. The number of esters is 1. The molecule has 0 aromatic heterocycles. The second kappa shape index (κ2) is 10.2. The largest absolute Gasteiger partial charge is 0.497 e. The molecule has 0 aliphatic carbocycles. The highest BCUT2D eigenvalue weighted by Crippen LogP contribution is 2.34. The maximum absolute atomic E-state index is 13.2. The third kappa shape index (κ3) is 4.93. The number of ether oxygens (including phenoxy) is 2. The van der Waals surface area contributed by atoms with Crippen molar-refractivity contribution in [2.24, 2.45) is 0 Å². The second-order valence-electron chi connectivity index (χ2n) is 7.93. The normalized spacial score (nSPS) is 13.2. The van der Waals surface area contributed by atoms with E-state index in [1.54, 1.807) is 43.2 Å². The number of fused-ring (bicyclic) bond motifs is 1. The van der Waals surface area contributed by atoms with Crippen LogP contribution in [0.2, 0.25) is 0 Å². The Bertz CT molecular complexity index is 1190. The van der Waals surface area contributed by atoms with Crippen molar-refractivity contribution in [3.05, 3.63) is 95.1 Å². The zero-order chi connectivity index (χ0) is 24.1. The van der Waals surface area contributed by atoms with Gasteiger partial charge in [0.2, 0.25) is 5.91 Å². The fraction of sp³-hybridized carbons (Fsp3) is 0.222. The summed E-state index contributed by atoms with van der Waals surface area (Å²) in [7, 11) is 1.59. The van der Waals surface area contributed by atoms with Crippen molar-refractivity contribution in [1.82, 2.24) is 4.90 Å².